The topological polar surface area (TPSA) is 89.3 Å². The van der Waals surface area contributed by atoms with E-state index in [0.717, 1.165) is 35.1 Å². The summed E-state index contributed by atoms with van der Waals surface area (Å²) in [5, 5.41) is 0.674. The van der Waals surface area contributed by atoms with Crippen molar-refractivity contribution >= 4 is 32.6 Å². The number of aromatic nitrogens is 2. The summed E-state index contributed by atoms with van der Waals surface area (Å²) < 4.78 is 29.3. The van der Waals surface area contributed by atoms with E-state index in [2.05, 4.69) is 4.98 Å². The van der Waals surface area contributed by atoms with Crippen LogP contribution in [0.15, 0.2) is 71.9 Å². The molecule has 8 heteroatoms. The molecule has 1 fully saturated rings. The van der Waals surface area contributed by atoms with E-state index in [4.69, 9.17) is 0 Å². The van der Waals surface area contributed by atoms with Crippen LogP contribution in [0, 0.1) is 6.92 Å². The highest BCUT2D eigenvalue weighted by atomic mass is 32.2. The van der Waals surface area contributed by atoms with Crippen LogP contribution in [0.25, 0.3) is 10.9 Å². The number of carbonyl (C=O) groups is 2. The second kappa shape index (κ2) is 8.95. The minimum Gasteiger partial charge on any atom is -0.333 e. The molecule has 3 heterocycles. The van der Waals surface area contributed by atoms with Crippen LogP contribution in [0.5, 0.6) is 0 Å². The van der Waals surface area contributed by atoms with Gasteiger partial charge in [0.25, 0.3) is 15.9 Å². The zero-order valence-electron chi connectivity index (χ0n) is 20.6. The average molecular weight is 514 g/mol. The fourth-order valence-electron chi connectivity index (χ4n) is 5.31. The number of pyridine rings is 1. The lowest BCUT2D eigenvalue weighted by molar-refractivity contribution is -0.124. The molecule has 1 saturated carbocycles. The van der Waals surface area contributed by atoms with E-state index < -0.39 is 10.0 Å². The summed E-state index contributed by atoms with van der Waals surface area (Å²) >= 11 is 0. The highest BCUT2D eigenvalue weighted by Crippen LogP contribution is 2.37. The van der Waals surface area contributed by atoms with Gasteiger partial charge in [-0.15, -0.1) is 0 Å². The Balaban J connectivity index is 1.49. The summed E-state index contributed by atoms with van der Waals surface area (Å²) in [6, 6.07) is 15.9. The minimum absolute atomic E-state index is 0.0807. The predicted molar refractivity (Wildman–Crippen MR) is 140 cm³/mol. The van der Waals surface area contributed by atoms with E-state index in [1.807, 2.05) is 37.4 Å². The number of benzene rings is 2. The van der Waals surface area contributed by atoms with Gasteiger partial charge in [-0.05, 0) is 72.7 Å². The van der Waals surface area contributed by atoms with E-state index >= 15 is 0 Å². The molecule has 2 aliphatic rings. The Morgan fingerprint density at radius 1 is 1.00 bits per heavy atom. The first-order chi connectivity index (χ1) is 17.8. The quantitative estimate of drug-likeness (QED) is 0.397. The van der Waals surface area contributed by atoms with Crippen molar-refractivity contribution in [2.24, 2.45) is 0 Å². The van der Waals surface area contributed by atoms with Gasteiger partial charge in [0.05, 0.1) is 10.4 Å². The molecular weight excluding hydrogens is 486 g/mol. The number of rotatable bonds is 4. The Labute approximate surface area is 215 Å². The van der Waals surface area contributed by atoms with Crippen LogP contribution in [-0.4, -0.2) is 40.5 Å². The van der Waals surface area contributed by atoms with Crippen molar-refractivity contribution in [2.75, 3.05) is 6.54 Å². The van der Waals surface area contributed by atoms with Crippen LogP contribution in [0.2, 0.25) is 0 Å². The first kappa shape index (κ1) is 23.6. The molecule has 37 heavy (non-hydrogen) atoms. The van der Waals surface area contributed by atoms with Crippen LogP contribution in [-0.2, 0) is 27.8 Å². The Hall–Kier alpha value is -3.78. The fourth-order valence-corrected chi connectivity index (χ4v) is 6.81. The van der Waals surface area contributed by atoms with Gasteiger partial charge in [-0.2, -0.15) is 0 Å². The SMILES string of the molecule is Cc1ccc(S(=O)(=O)n2c(C(=O)N3CCCc4cnccc4C3)cc3ccc(C4CC(=O)C4)cc32)cc1. The summed E-state index contributed by atoms with van der Waals surface area (Å²) in [6.45, 7) is 2.82. The molecule has 2 aromatic heterocycles. The number of Topliss-reactive ketones (excluding diaryl/α,β-unsaturated/α-hetero) is 1. The molecular formula is C29H27N3O4S. The molecule has 0 spiro atoms. The first-order valence-corrected chi connectivity index (χ1v) is 14.0. The van der Waals surface area contributed by atoms with E-state index in [1.165, 1.54) is 3.97 Å². The standard InChI is InChI=1S/C29H27N3O4S/c1-19-4-8-26(9-5-19)37(35,36)32-27-15-20(24-13-25(33)14-24)6-7-21(27)16-28(32)29(34)31-12-2-3-22-17-30-11-10-23(22)18-31/h4-11,15-17,24H,2-3,12-14,18H2,1H3. The van der Waals surface area contributed by atoms with Crippen LogP contribution < -0.4 is 0 Å². The van der Waals surface area contributed by atoms with Gasteiger partial charge in [0.1, 0.15) is 11.5 Å². The van der Waals surface area contributed by atoms with Crippen molar-refractivity contribution in [3.8, 4) is 0 Å². The molecule has 0 unspecified atom stereocenters. The lowest BCUT2D eigenvalue weighted by Gasteiger charge is -2.24. The monoisotopic (exact) mass is 513 g/mol. The van der Waals surface area contributed by atoms with Crippen LogP contribution >= 0.6 is 0 Å². The highest BCUT2D eigenvalue weighted by Gasteiger charge is 2.32. The summed E-state index contributed by atoms with van der Waals surface area (Å²) in [7, 11) is -4.07. The van der Waals surface area contributed by atoms with Gasteiger partial charge in [-0.25, -0.2) is 12.4 Å². The average Bonchev–Trinajstić information content (AvgIpc) is 3.13. The van der Waals surface area contributed by atoms with Gasteiger partial charge >= 0.3 is 0 Å². The normalized spacial score (nSPS) is 16.4. The van der Waals surface area contributed by atoms with Crippen molar-refractivity contribution < 1.29 is 18.0 Å². The van der Waals surface area contributed by atoms with E-state index in [-0.39, 0.29) is 28.2 Å². The molecule has 0 radical (unpaired) electrons. The van der Waals surface area contributed by atoms with Crippen molar-refractivity contribution in [1.29, 1.82) is 0 Å². The number of fused-ring (bicyclic) bond motifs is 2. The number of nitrogens with zero attached hydrogens (tertiary/aromatic N) is 3. The molecule has 0 N–H and O–H groups in total. The molecule has 7 nitrogen and oxygen atoms in total. The molecule has 1 aliphatic heterocycles. The van der Waals surface area contributed by atoms with Crippen molar-refractivity contribution in [3.05, 3.63) is 94.9 Å². The molecule has 188 valence electrons. The zero-order valence-corrected chi connectivity index (χ0v) is 21.4. The van der Waals surface area contributed by atoms with Crippen LogP contribution in [0.4, 0.5) is 0 Å². The summed E-state index contributed by atoms with van der Waals surface area (Å²) in [4.78, 5) is 31.7. The molecule has 2 aromatic carbocycles. The highest BCUT2D eigenvalue weighted by molar-refractivity contribution is 7.90. The largest absolute Gasteiger partial charge is 0.333 e. The number of hydrogen-bond donors (Lipinski definition) is 0. The molecule has 1 aliphatic carbocycles. The third-order valence-electron chi connectivity index (χ3n) is 7.51. The number of amides is 1. The smallest absolute Gasteiger partial charge is 0.271 e. The summed E-state index contributed by atoms with van der Waals surface area (Å²) in [5.74, 6) is -0.0330. The molecule has 6 rings (SSSR count). The first-order valence-electron chi connectivity index (χ1n) is 12.5. The van der Waals surface area contributed by atoms with Gasteiger partial charge in [-0.3, -0.25) is 14.6 Å². The number of ketones is 1. The van der Waals surface area contributed by atoms with Gasteiger partial charge in [0, 0.05) is 43.7 Å². The maximum Gasteiger partial charge on any atom is 0.271 e. The third kappa shape index (κ3) is 4.15. The lowest BCUT2D eigenvalue weighted by atomic mass is 9.79. The summed E-state index contributed by atoms with van der Waals surface area (Å²) in [5.41, 5.74) is 4.59. The Morgan fingerprint density at radius 3 is 2.54 bits per heavy atom. The lowest BCUT2D eigenvalue weighted by Crippen LogP contribution is -2.33. The van der Waals surface area contributed by atoms with E-state index in [1.54, 1.807) is 41.4 Å². The molecule has 4 aromatic rings. The van der Waals surface area contributed by atoms with Crippen LogP contribution in [0.1, 0.15) is 57.9 Å². The van der Waals surface area contributed by atoms with Crippen LogP contribution in [0.3, 0.4) is 0 Å². The third-order valence-corrected chi connectivity index (χ3v) is 9.25. The van der Waals surface area contributed by atoms with Gasteiger partial charge < -0.3 is 4.90 Å². The van der Waals surface area contributed by atoms with Gasteiger partial charge in [-0.1, -0.05) is 29.8 Å². The number of carbonyl (C=O) groups excluding carboxylic acids is 2. The fraction of sp³-hybridized carbons (Fsp3) is 0.276. The van der Waals surface area contributed by atoms with Crippen molar-refractivity contribution in [1.82, 2.24) is 13.9 Å². The van der Waals surface area contributed by atoms with Crippen molar-refractivity contribution in [2.45, 2.75) is 50.0 Å². The molecule has 0 atom stereocenters. The Morgan fingerprint density at radius 2 is 1.78 bits per heavy atom. The van der Waals surface area contributed by atoms with E-state index in [9.17, 15) is 18.0 Å². The number of hydrogen-bond acceptors (Lipinski definition) is 5. The second-order valence-corrected chi connectivity index (χ2v) is 11.8. The van der Waals surface area contributed by atoms with E-state index in [0.29, 0.717) is 36.8 Å². The Bertz CT molecular complexity index is 1650. The summed E-state index contributed by atoms with van der Waals surface area (Å²) in [6.07, 6.45) is 6.08. The second-order valence-electron chi connectivity index (χ2n) is 10.0. The maximum atomic E-state index is 14.0. The zero-order chi connectivity index (χ0) is 25.7. The van der Waals surface area contributed by atoms with Gasteiger partial charge in [0.2, 0.25) is 0 Å². The molecule has 0 saturated heterocycles. The number of aryl methyl sites for hydroxylation is 2. The van der Waals surface area contributed by atoms with Gasteiger partial charge in [0.15, 0.2) is 0 Å². The predicted octanol–water partition coefficient (Wildman–Crippen LogP) is 4.62. The molecule has 1 amide bonds. The maximum absolute atomic E-state index is 14.0. The van der Waals surface area contributed by atoms with Crippen molar-refractivity contribution in [3.63, 3.8) is 0 Å². The minimum atomic E-state index is -4.07. The Kier molecular flexibility index (Phi) is 5.71. The molecule has 0 bridgehead atoms.